The van der Waals surface area contributed by atoms with Crippen LogP contribution in [0.5, 0.6) is 0 Å². The molecule has 0 bridgehead atoms. The number of nitrogens with zero attached hydrogens (tertiary/aromatic N) is 5. The minimum atomic E-state index is 0.805. The van der Waals surface area contributed by atoms with Gasteiger partial charge < -0.3 is 15.5 Å². The van der Waals surface area contributed by atoms with Gasteiger partial charge in [0.2, 0.25) is 0 Å². The highest BCUT2D eigenvalue weighted by Crippen LogP contribution is 2.15. The summed E-state index contributed by atoms with van der Waals surface area (Å²) in [5, 5.41) is 11.4. The minimum absolute atomic E-state index is 0.805. The van der Waals surface area contributed by atoms with Gasteiger partial charge in [-0.3, -0.25) is 14.6 Å². The van der Waals surface area contributed by atoms with Gasteiger partial charge in [-0.2, -0.15) is 5.10 Å². The van der Waals surface area contributed by atoms with Crippen LogP contribution in [0.15, 0.2) is 41.4 Å². The fraction of sp³-hybridized carbons (Fsp3) is 0.600. The summed E-state index contributed by atoms with van der Waals surface area (Å²) in [5.41, 5.74) is 3.65. The number of benzene rings is 1. The van der Waals surface area contributed by atoms with Gasteiger partial charge in [0.15, 0.2) is 5.96 Å². The number of nitrogens with one attached hydrogen (secondary N) is 2. The number of aryl methyl sites for hydroxylation is 3. The Morgan fingerprint density at radius 3 is 2.44 bits per heavy atom. The monoisotopic (exact) mass is 439 g/mol. The Balaban J connectivity index is 1.27. The van der Waals surface area contributed by atoms with E-state index in [1.807, 2.05) is 6.92 Å². The van der Waals surface area contributed by atoms with Crippen molar-refractivity contribution in [1.29, 1.82) is 0 Å². The Bertz CT molecular complexity index is 807. The van der Waals surface area contributed by atoms with Crippen molar-refractivity contribution < 1.29 is 0 Å². The molecule has 1 aromatic heterocycles. The molecule has 1 aromatic carbocycles. The van der Waals surface area contributed by atoms with Crippen LogP contribution in [0.1, 0.15) is 37.6 Å². The van der Waals surface area contributed by atoms with Crippen LogP contribution in [-0.4, -0.2) is 73.0 Å². The SMILES string of the molecule is CCNC(=NCCCn1nc(C)cc1C)NCCCCN1CCN(c2ccccc2)CC1. The maximum atomic E-state index is 4.73. The van der Waals surface area contributed by atoms with Crippen molar-refractivity contribution in [3.63, 3.8) is 0 Å². The zero-order chi connectivity index (χ0) is 22.6. The van der Waals surface area contributed by atoms with Gasteiger partial charge in [-0.05, 0) is 64.8 Å². The molecule has 0 atom stereocenters. The quantitative estimate of drug-likeness (QED) is 0.320. The van der Waals surface area contributed by atoms with Crippen molar-refractivity contribution in [3.05, 3.63) is 47.8 Å². The van der Waals surface area contributed by atoms with E-state index >= 15 is 0 Å². The van der Waals surface area contributed by atoms with Crippen LogP contribution in [0.4, 0.5) is 5.69 Å². The molecule has 7 nitrogen and oxygen atoms in total. The summed E-state index contributed by atoms with van der Waals surface area (Å²) in [7, 11) is 0. The van der Waals surface area contributed by atoms with Crippen LogP contribution in [0, 0.1) is 13.8 Å². The van der Waals surface area contributed by atoms with E-state index in [2.05, 4.69) is 80.5 Å². The molecule has 176 valence electrons. The number of hydrogen-bond donors (Lipinski definition) is 2. The lowest BCUT2D eigenvalue weighted by Crippen LogP contribution is -2.46. The number of unbranched alkanes of at least 4 members (excludes halogenated alkanes) is 1. The molecule has 2 heterocycles. The van der Waals surface area contributed by atoms with Crippen molar-refractivity contribution in [2.24, 2.45) is 4.99 Å². The summed E-state index contributed by atoms with van der Waals surface area (Å²) in [6, 6.07) is 12.9. The lowest BCUT2D eigenvalue weighted by atomic mass is 10.2. The molecule has 2 N–H and O–H groups in total. The predicted octanol–water partition coefficient (Wildman–Crippen LogP) is 3.05. The Kier molecular flexibility index (Phi) is 9.88. The molecule has 1 fully saturated rings. The van der Waals surface area contributed by atoms with Crippen LogP contribution < -0.4 is 15.5 Å². The Morgan fingerprint density at radius 2 is 1.75 bits per heavy atom. The third-order valence-corrected chi connectivity index (χ3v) is 5.93. The van der Waals surface area contributed by atoms with Crippen LogP contribution in [-0.2, 0) is 6.54 Å². The molecule has 1 aliphatic heterocycles. The van der Waals surface area contributed by atoms with Crippen LogP contribution in [0.2, 0.25) is 0 Å². The Labute approximate surface area is 193 Å². The standard InChI is InChI=1S/C25H41N7/c1-4-26-25(28-14-10-16-32-23(3)21-22(2)29-32)27-13-8-9-15-30-17-19-31(20-18-30)24-11-6-5-7-12-24/h5-7,11-12,21H,4,8-10,13-20H2,1-3H3,(H2,26,27,28). The summed E-state index contributed by atoms with van der Waals surface area (Å²) >= 11 is 0. The normalized spacial score (nSPS) is 15.2. The second kappa shape index (κ2) is 13.1. The van der Waals surface area contributed by atoms with Crippen molar-refractivity contribution in [2.45, 2.75) is 46.6 Å². The predicted molar refractivity (Wildman–Crippen MR) is 135 cm³/mol. The second-order valence-corrected chi connectivity index (χ2v) is 8.56. The highest BCUT2D eigenvalue weighted by Gasteiger charge is 2.16. The minimum Gasteiger partial charge on any atom is -0.369 e. The molecule has 32 heavy (non-hydrogen) atoms. The molecule has 7 heteroatoms. The molecular weight excluding hydrogens is 398 g/mol. The molecule has 1 aliphatic rings. The number of piperazine rings is 1. The highest BCUT2D eigenvalue weighted by molar-refractivity contribution is 5.79. The number of hydrogen-bond acceptors (Lipinski definition) is 4. The summed E-state index contributed by atoms with van der Waals surface area (Å²) in [5.74, 6) is 0.928. The molecule has 0 radical (unpaired) electrons. The van der Waals surface area contributed by atoms with E-state index in [1.54, 1.807) is 0 Å². The third-order valence-electron chi connectivity index (χ3n) is 5.93. The maximum absolute atomic E-state index is 4.73. The van der Waals surface area contributed by atoms with Crippen molar-refractivity contribution in [1.82, 2.24) is 25.3 Å². The molecule has 0 spiro atoms. The lowest BCUT2D eigenvalue weighted by Gasteiger charge is -2.36. The van der Waals surface area contributed by atoms with Crippen LogP contribution in [0.3, 0.4) is 0 Å². The molecular formula is C25H41N7. The molecule has 3 rings (SSSR count). The molecule has 1 saturated heterocycles. The average Bonchev–Trinajstić information content (AvgIpc) is 3.14. The summed E-state index contributed by atoms with van der Waals surface area (Å²) in [4.78, 5) is 9.81. The Morgan fingerprint density at radius 1 is 0.969 bits per heavy atom. The number of para-hydroxylation sites is 1. The number of guanidine groups is 1. The van der Waals surface area contributed by atoms with Crippen molar-refractivity contribution in [2.75, 3.05) is 57.3 Å². The molecule has 0 amide bonds. The van der Waals surface area contributed by atoms with Crippen LogP contribution in [0.25, 0.3) is 0 Å². The first-order valence-electron chi connectivity index (χ1n) is 12.2. The van der Waals surface area contributed by atoms with E-state index in [0.29, 0.717) is 0 Å². The first-order valence-corrected chi connectivity index (χ1v) is 12.2. The molecule has 0 unspecified atom stereocenters. The molecule has 2 aromatic rings. The fourth-order valence-corrected chi connectivity index (χ4v) is 4.19. The summed E-state index contributed by atoms with van der Waals surface area (Å²) < 4.78 is 2.07. The van der Waals surface area contributed by atoms with E-state index in [9.17, 15) is 0 Å². The van der Waals surface area contributed by atoms with E-state index in [4.69, 9.17) is 4.99 Å². The number of aliphatic imine (C=N–C) groups is 1. The van der Waals surface area contributed by atoms with Gasteiger partial charge in [0.05, 0.1) is 5.69 Å². The molecule has 0 saturated carbocycles. The van der Waals surface area contributed by atoms with Gasteiger partial charge in [-0.1, -0.05) is 18.2 Å². The van der Waals surface area contributed by atoms with Gasteiger partial charge in [0.1, 0.15) is 0 Å². The largest absolute Gasteiger partial charge is 0.369 e. The van der Waals surface area contributed by atoms with Gasteiger partial charge in [0, 0.05) is 63.7 Å². The van der Waals surface area contributed by atoms with Gasteiger partial charge in [0.25, 0.3) is 0 Å². The van der Waals surface area contributed by atoms with Gasteiger partial charge in [-0.15, -0.1) is 0 Å². The average molecular weight is 440 g/mol. The second-order valence-electron chi connectivity index (χ2n) is 8.56. The molecule has 0 aliphatic carbocycles. The van der Waals surface area contributed by atoms with E-state index < -0.39 is 0 Å². The number of anilines is 1. The smallest absolute Gasteiger partial charge is 0.191 e. The third kappa shape index (κ3) is 7.86. The van der Waals surface area contributed by atoms with Crippen molar-refractivity contribution >= 4 is 11.6 Å². The highest BCUT2D eigenvalue weighted by atomic mass is 15.3. The summed E-state index contributed by atoms with van der Waals surface area (Å²) in [6.45, 7) is 15.6. The maximum Gasteiger partial charge on any atom is 0.191 e. The van der Waals surface area contributed by atoms with Gasteiger partial charge >= 0.3 is 0 Å². The zero-order valence-electron chi connectivity index (χ0n) is 20.2. The fourth-order valence-electron chi connectivity index (χ4n) is 4.19. The zero-order valence-corrected chi connectivity index (χ0v) is 20.2. The van der Waals surface area contributed by atoms with Crippen LogP contribution >= 0.6 is 0 Å². The number of rotatable bonds is 11. The number of aromatic nitrogens is 2. The van der Waals surface area contributed by atoms with E-state index in [-0.39, 0.29) is 0 Å². The van der Waals surface area contributed by atoms with Gasteiger partial charge in [-0.25, -0.2) is 0 Å². The summed E-state index contributed by atoms with van der Waals surface area (Å²) in [6.07, 6.45) is 3.37. The van der Waals surface area contributed by atoms with E-state index in [0.717, 1.165) is 76.9 Å². The Hall–Kier alpha value is -2.54. The topological polar surface area (TPSA) is 60.7 Å². The van der Waals surface area contributed by atoms with Crippen molar-refractivity contribution in [3.8, 4) is 0 Å². The first kappa shape index (κ1) is 24.1. The first-order chi connectivity index (χ1) is 15.7. The lowest BCUT2D eigenvalue weighted by molar-refractivity contribution is 0.253. The van der Waals surface area contributed by atoms with E-state index in [1.165, 1.54) is 24.3 Å².